The average Bonchev–Trinajstić information content (AvgIpc) is 2.37. The summed E-state index contributed by atoms with van der Waals surface area (Å²) in [4.78, 5) is 0. The first kappa shape index (κ1) is 7.28. The molecule has 0 aromatic carbocycles. The van der Waals surface area contributed by atoms with E-state index in [1.54, 1.807) is 0 Å². The van der Waals surface area contributed by atoms with Crippen molar-refractivity contribution in [2.45, 2.75) is 19.9 Å². The van der Waals surface area contributed by atoms with Gasteiger partial charge in [0, 0.05) is 12.7 Å². The van der Waals surface area contributed by atoms with Crippen LogP contribution in [-0.4, -0.2) is 16.3 Å². The SMILES string of the molecule is CCn1cc(CCN)cn1. The molecule has 10 heavy (non-hydrogen) atoms. The second kappa shape index (κ2) is 3.37. The summed E-state index contributed by atoms with van der Waals surface area (Å²) in [6.45, 7) is 3.71. The van der Waals surface area contributed by atoms with Crippen molar-refractivity contribution in [1.82, 2.24) is 9.78 Å². The number of hydrogen-bond acceptors (Lipinski definition) is 2. The fourth-order valence-corrected chi connectivity index (χ4v) is 0.875. The van der Waals surface area contributed by atoms with Gasteiger partial charge in [-0.2, -0.15) is 5.10 Å². The lowest BCUT2D eigenvalue weighted by molar-refractivity contribution is 0.659. The van der Waals surface area contributed by atoms with Crippen LogP contribution in [0.2, 0.25) is 0 Å². The van der Waals surface area contributed by atoms with Crippen LogP contribution in [0.25, 0.3) is 0 Å². The van der Waals surface area contributed by atoms with Crippen LogP contribution >= 0.6 is 0 Å². The maximum atomic E-state index is 5.37. The Labute approximate surface area is 60.8 Å². The summed E-state index contributed by atoms with van der Waals surface area (Å²) in [5.74, 6) is 0. The van der Waals surface area contributed by atoms with Crippen molar-refractivity contribution >= 4 is 0 Å². The molecule has 1 rings (SSSR count). The third kappa shape index (κ3) is 1.57. The molecule has 2 N–H and O–H groups in total. The van der Waals surface area contributed by atoms with Gasteiger partial charge in [-0.15, -0.1) is 0 Å². The average molecular weight is 139 g/mol. The molecule has 0 fully saturated rings. The molecular weight excluding hydrogens is 126 g/mol. The lowest BCUT2D eigenvalue weighted by atomic mass is 10.3. The van der Waals surface area contributed by atoms with Gasteiger partial charge in [-0.3, -0.25) is 4.68 Å². The Morgan fingerprint density at radius 2 is 2.50 bits per heavy atom. The summed E-state index contributed by atoms with van der Waals surface area (Å²) in [5.41, 5.74) is 6.60. The highest BCUT2D eigenvalue weighted by atomic mass is 15.3. The Balaban J connectivity index is 2.59. The van der Waals surface area contributed by atoms with Crippen LogP contribution in [0.1, 0.15) is 12.5 Å². The van der Waals surface area contributed by atoms with Gasteiger partial charge in [-0.1, -0.05) is 0 Å². The molecule has 0 aliphatic carbocycles. The van der Waals surface area contributed by atoms with E-state index >= 15 is 0 Å². The molecule has 0 saturated heterocycles. The first-order valence-corrected chi connectivity index (χ1v) is 3.58. The van der Waals surface area contributed by atoms with Gasteiger partial charge in [-0.25, -0.2) is 0 Å². The standard InChI is InChI=1S/C7H13N3/c1-2-10-6-7(3-4-8)5-9-10/h5-6H,2-4,8H2,1H3. The zero-order chi connectivity index (χ0) is 7.40. The number of rotatable bonds is 3. The summed E-state index contributed by atoms with van der Waals surface area (Å²) in [5, 5.41) is 4.11. The molecule has 1 aromatic heterocycles. The quantitative estimate of drug-likeness (QED) is 0.659. The maximum absolute atomic E-state index is 5.37. The fraction of sp³-hybridized carbons (Fsp3) is 0.571. The lowest BCUT2D eigenvalue weighted by Gasteiger charge is -1.90. The molecule has 0 unspecified atom stereocenters. The molecule has 0 aliphatic rings. The Hall–Kier alpha value is -0.830. The Bertz CT molecular complexity index is 192. The Morgan fingerprint density at radius 1 is 1.70 bits per heavy atom. The zero-order valence-electron chi connectivity index (χ0n) is 6.25. The van der Waals surface area contributed by atoms with Gasteiger partial charge in [-0.05, 0) is 25.5 Å². The normalized spacial score (nSPS) is 10.2. The van der Waals surface area contributed by atoms with Crippen LogP contribution in [-0.2, 0) is 13.0 Å². The molecule has 56 valence electrons. The van der Waals surface area contributed by atoms with Crippen LogP contribution < -0.4 is 5.73 Å². The summed E-state index contributed by atoms with van der Waals surface area (Å²) < 4.78 is 1.91. The predicted molar refractivity (Wildman–Crippen MR) is 40.7 cm³/mol. The molecule has 0 aliphatic heterocycles. The van der Waals surface area contributed by atoms with Gasteiger partial charge in [0.25, 0.3) is 0 Å². The van der Waals surface area contributed by atoms with Crippen LogP contribution in [0.15, 0.2) is 12.4 Å². The topological polar surface area (TPSA) is 43.8 Å². The lowest BCUT2D eigenvalue weighted by Crippen LogP contribution is -2.01. The monoisotopic (exact) mass is 139 g/mol. The van der Waals surface area contributed by atoms with E-state index in [-0.39, 0.29) is 0 Å². The zero-order valence-corrected chi connectivity index (χ0v) is 6.25. The number of aryl methyl sites for hydroxylation is 1. The van der Waals surface area contributed by atoms with Crippen molar-refractivity contribution in [3.63, 3.8) is 0 Å². The van der Waals surface area contributed by atoms with Gasteiger partial charge in [0.2, 0.25) is 0 Å². The third-order valence-corrected chi connectivity index (χ3v) is 1.44. The van der Waals surface area contributed by atoms with Crippen LogP contribution in [0.5, 0.6) is 0 Å². The number of hydrogen-bond donors (Lipinski definition) is 1. The van der Waals surface area contributed by atoms with E-state index in [4.69, 9.17) is 5.73 Å². The summed E-state index contributed by atoms with van der Waals surface area (Å²) in [7, 11) is 0. The first-order valence-electron chi connectivity index (χ1n) is 3.58. The molecule has 1 aromatic rings. The molecule has 0 amide bonds. The predicted octanol–water partition coefficient (Wildman–Crippen LogP) is 0.404. The summed E-state index contributed by atoms with van der Waals surface area (Å²) in [6.07, 6.45) is 4.84. The number of nitrogens with two attached hydrogens (primary N) is 1. The van der Waals surface area contributed by atoms with Crippen LogP contribution in [0.4, 0.5) is 0 Å². The van der Waals surface area contributed by atoms with Crippen molar-refractivity contribution in [1.29, 1.82) is 0 Å². The third-order valence-electron chi connectivity index (χ3n) is 1.44. The number of aromatic nitrogens is 2. The second-order valence-electron chi connectivity index (χ2n) is 2.24. The minimum Gasteiger partial charge on any atom is -0.330 e. The highest BCUT2D eigenvalue weighted by Gasteiger charge is 1.93. The van der Waals surface area contributed by atoms with Crippen molar-refractivity contribution < 1.29 is 0 Å². The summed E-state index contributed by atoms with van der Waals surface area (Å²) >= 11 is 0. The molecule has 1 heterocycles. The molecule has 0 atom stereocenters. The van der Waals surface area contributed by atoms with E-state index in [2.05, 4.69) is 12.0 Å². The molecule has 0 radical (unpaired) electrons. The van der Waals surface area contributed by atoms with Crippen LogP contribution in [0.3, 0.4) is 0 Å². The largest absolute Gasteiger partial charge is 0.330 e. The number of nitrogens with zero attached hydrogens (tertiary/aromatic N) is 2. The smallest absolute Gasteiger partial charge is 0.0522 e. The minimum absolute atomic E-state index is 0.704. The second-order valence-corrected chi connectivity index (χ2v) is 2.24. The molecule has 3 nitrogen and oxygen atoms in total. The molecular formula is C7H13N3. The van der Waals surface area contributed by atoms with Crippen LogP contribution in [0, 0.1) is 0 Å². The summed E-state index contributed by atoms with van der Waals surface area (Å²) in [6, 6.07) is 0. The van der Waals surface area contributed by atoms with Gasteiger partial charge in [0.1, 0.15) is 0 Å². The van der Waals surface area contributed by atoms with Crippen molar-refractivity contribution in [3.8, 4) is 0 Å². The van der Waals surface area contributed by atoms with Gasteiger partial charge in [0.15, 0.2) is 0 Å². The van der Waals surface area contributed by atoms with E-state index in [1.807, 2.05) is 17.1 Å². The highest BCUT2D eigenvalue weighted by molar-refractivity contribution is 5.03. The van der Waals surface area contributed by atoms with Gasteiger partial charge >= 0.3 is 0 Å². The van der Waals surface area contributed by atoms with E-state index in [0.29, 0.717) is 6.54 Å². The van der Waals surface area contributed by atoms with E-state index in [1.165, 1.54) is 5.56 Å². The van der Waals surface area contributed by atoms with Crippen molar-refractivity contribution in [2.24, 2.45) is 5.73 Å². The van der Waals surface area contributed by atoms with Crippen molar-refractivity contribution in [2.75, 3.05) is 6.54 Å². The van der Waals surface area contributed by atoms with E-state index in [0.717, 1.165) is 13.0 Å². The fourth-order valence-electron chi connectivity index (χ4n) is 0.875. The van der Waals surface area contributed by atoms with E-state index in [9.17, 15) is 0 Å². The molecule has 0 bridgehead atoms. The van der Waals surface area contributed by atoms with Crippen molar-refractivity contribution in [3.05, 3.63) is 18.0 Å². The maximum Gasteiger partial charge on any atom is 0.0522 e. The molecule has 0 saturated carbocycles. The Morgan fingerprint density at radius 3 is 3.00 bits per heavy atom. The highest BCUT2D eigenvalue weighted by Crippen LogP contribution is 1.96. The van der Waals surface area contributed by atoms with Gasteiger partial charge < -0.3 is 5.73 Å². The molecule has 3 heteroatoms. The van der Waals surface area contributed by atoms with E-state index < -0.39 is 0 Å². The Kier molecular flexibility index (Phi) is 2.45. The molecule has 0 spiro atoms. The first-order chi connectivity index (χ1) is 4.86. The minimum atomic E-state index is 0.704. The van der Waals surface area contributed by atoms with Gasteiger partial charge in [0.05, 0.1) is 6.20 Å².